The molecule has 94 valence electrons. The van der Waals surface area contributed by atoms with Crippen molar-refractivity contribution in [3.63, 3.8) is 0 Å². The average Bonchev–Trinajstić information content (AvgIpc) is 2.30. The normalized spacial score (nSPS) is 12.5. The minimum absolute atomic E-state index is 0.104. The molecule has 0 spiro atoms. The molecule has 0 saturated carbocycles. The summed E-state index contributed by atoms with van der Waals surface area (Å²) in [6.07, 6.45) is 2.34. The Hall–Kier alpha value is -0.570. The van der Waals surface area contributed by atoms with Crippen molar-refractivity contribution in [3.05, 3.63) is 33.8 Å². The average molecular weight is 274 g/mol. The number of halogens is 2. The van der Waals surface area contributed by atoms with E-state index in [4.69, 9.17) is 28.9 Å². The maximum Gasteiger partial charge on any atom is 0.162 e. The molecule has 0 aliphatic carbocycles. The van der Waals surface area contributed by atoms with E-state index in [1.807, 2.05) is 0 Å². The Kier molecular flexibility index (Phi) is 5.96. The summed E-state index contributed by atoms with van der Waals surface area (Å²) < 4.78 is 0. The fourth-order valence-corrected chi connectivity index (χ4v) is 1.92. The lowest BCUT2D eigenvalue weighted by molar-refractivity contribution is 0.0974. The molecule has 1 atom stereocenters. The summed E-state index contributed by atoms with van der Waals surface area (Å²) in [5.41, 5.74) is 6.09. The highest BCUT2D eigenvalue weighted by Gasteiger charge is 2.10. The van der Waals surface area contributed by atoms with Crippen LogP contribution in [0.5, 0.6) is 0 Å². The molecule has 0 saturated heterocycles. The third-order valence-corrected chi connectivity index (χ3v) is 3.50. The zero-order valence-electron chi connectivity index (χ0n) is 9.88. The van der Waals surface area contributed by atoms with Crippen molar-refractivity contribution in [3.8, 4) is 0 Å². The Morgan fingerprint density at radius 3 is 2.59 bits per heavy atom. The number of benzene rings is 1. The summed E-state index contributed by atoms with van der Waals surface area (Å²) in [6, 6.07) is 4.99. The Morgan fingerprint density at radius 1 is 1.29 bits per heavy atom. The fourth-order valence-electron chi connectivity index (χ4n) is 1.62. The van der Waals surface area contributed by atoms with Gasteiger partial charge in [-0.05, 0) is 43.5 Å². The van der Waals surface area contributed by atoms with Gasteiger partial charge in [-0.3, -0.25) is 4.79 Å². The Bertz CT molecular complexity index is 393. The fraction of sp³-hybridized carbons (Fsp3) is 0.462. The molecule has 0 fully saturated rings. The monoisotopic (exact) mass is 273 g/mol. The third-order valence-electron chi connectivity index (χ3n) is 2.77. The van der Waals surface area contributed by atoms with Crippen LogP contribution in [-0.2, 0) is 0 Å². The van der Waals surface area contributed by atoms with Crippen LogP contribution in [0.2, 0.25) is 10.0 Å². The highest BCUT2D eigenvalue weighted by molar-refractivity contribution is 6.42. The second kappa shape index (κ2) is 7.00. The lowest BCUT2D eigenvalue weighted by Gasteiger charge is -2.09. The largest absolute Gasteiger partial charge is 0.330 e. The van der Waals surface area contributed by atoms with Crippen molar-refractivity contribution in [1.29, 1.82) is 0 Å². The molecular weight excluding hydrogens is 257 g/mol. The zero-order chi connectivity index (χ0) is 12.8. The second-order valence-electron chi connectivity index (χ2n) is 4.27. The van der Waals surface area contributed by atoms with Crippen molar-refractivity contribution < 1.29 is 4.79 Å². The first-order chi connectivity index (χ1) is 8.04. The van der Waals surface area contributed by atoms with Gasteiger partial charge in [0, 0.05) is 12.0 Å². The lowest BCUT2D eigenvalue weighted by atomic mass is 9.98. The molecule has 0 amide bonds. The summed E-state index contributed by atoms with van der Waals surface area (Å²) in [5, 5.41) is 0.896. The van der Waals surface area contributed by atoms with E-state index in [-0.39, 0.29) is 5.78 Å². The summed E-state index contributed by atoms with van der Waals surface area (Å²) in [4.78, 5) is 11.9. The molecule has 1 unspecified atom stereocenters. The molecule has 0 heterocycles. The number of carbonyl (C=O) groups excluding carboxylic acids is 1. The molecule has 1 aromatic rings. The van der Waals surface area contributed by atoms with Gasteiger partial charge in [0.1, 0.15) is 0 Å². The Morgan fingerprint density at radius 2 is 2.00 bits per heavy atom. The molecule has 0 aromatic heterocycles. The van der Waals surface area contributed by atoms with Crippen molar-refractivity contribution in [2.45, 2.75) is 26.2 Å². The molecule has 0 bridgehead atoms. The minimum atomic E-state index is 0.104. The maximum absolute atomic E-state index is 11.9. The third kappa shape index (κ3) is 4.66. The van der Waals surface area contributed by atoms with Crippen LogP contribution >= 0.6 is 23.2 Å². The molecule has 2 N–H and O–H groups in total. The SMILES string of the molecule is CC(CCN)CCC(=O)c1ccc(Cl)c(Cl)c1. The van der Waals surface area contributed by atoms with E-state index in [1.165, 1.54) is 0 Å². The van der Waals surface area contributed by atoms with Crippen molar-refractivity contribution in [1.82, 2.24) is 0 Å². The molecule has 4 heteroatoms. The molecular formula is C13H17Cl2NO. The molecule has 2 nitrogen and oxygen atoms in total. The zero-order valence-corrected chi connectivity index (χ0v) is 11.4. The van der Waals surface area contributed by atoms with Gasteiger partial charge in [-0.1, -0.05) is 30.1 Å². The van der Waals surface area contributed by atoms with Gasteiger partial charge in [-0.2, -0.15) is 0 Å². The second-order valence-corrected chi connectivity index (χ2v) is 5.09. The maximum atomic E-state index is 11.9. The number of ketones is 1. The van der Waals surface area contributed by atoms with E-state index in [1.54, 1.807) is 18.2 Å². The highest BCUT2D eigenvalue weighted by Crippen LogP contribution is 2.23. The van der Waals surface area contributed by atoms with Crippen LogP contribution in [0.15, 0.2) is 18.2 Å². The van der Waals surface area contributed by atoms with Crippen LogP contribution in [-0.4, -0.2) is 12.3 Å². The van der Waals surface area contributed by atoms with Crippen molar-refractivity contribution >= 4 is 29.0 Å². The molecule has 0 aliphatic rings. The number of Topliss-reactive ketones (excluding diaryl/α,β-unsaturated/α-hetero) is 1. The smallest absolute Gasteiger partial charge is 0.162 e. The number of nitrogens with two attached hydrogens (primary N) is 1. The van der Waals surface area contributed by atoms with Gasteiger partial charge in [0.2, 0.25) is 0 Å². The Labute approximate surface area is 112 Å². The van der Waals surface area contributed by atoms with E-state index in [2.05, 4.69) is 6.92 Å². The number of hydrogen-bond donors (Lipinski definition) is 1. The van der Waals surface area contributed by atoms with Gasteiger partial charge in [0.05, 0.1) is 10.0 Å². The predicted molar refractivity (Wildman–Crippen MR) is 72.9 cm³/mol. The van der Waals surface area contributed by atoms with E-state index in [9.17, 15) is 4.79 Å². The Balaban J connectivity index is 2.55. The van der Waals surface area contributed by atoms with Crippen molar-refractivity contribution in [2.24, 2.45) is 11.7 Å². The molecule has 1 aromatic carbocycles. The molecule has 17 heavy (non-hydrogen) atoms. The summed E-state index contributed by atoms with van der Waals surface area (Å²) in [7, 11) is 0. The van der Waals surface area contributed by atoms with Crippen LogP contribution in [0.4, 0.5) is 0 Å². The number of rotatable bonds is 6. The van der Waals surface area contributed by atoms with Crippen LogP contribution in [0.1, 0.15) is 36.5 Å². The molecule has 0 radical (unpaired) electrons. The van der Waals surface area contributed by atoms with E-state index in [0.717, 1.165) is 12.8 Å². The topological polar surface area (TPSA) is 43.1 Å². The van der Waals surface area contributed by atoms with Crippen LogP contribution in [0.3, 0.4) is 0 Å². The van der Waals surface area contributed by atoms with Crippen LogP contribution in [0.25, 0.3) is 0 Å². The number of carbonyl (C=O) groups is 1. The summed E-state index contributed by atoms with van der Waals surface area (Å²) in [6.45, 7) is 2.77. The van der Waals surface area contributed by atoms with Crippen LogP contribution < -0.4 is 5.73 Å². The number of hydrogen-bond acceptors (Lipinski definition) is 2. The van der Waals surface area contributed by atoms with Crippen LogP contribution in [0, 0.1) is 5.92 Å². The first-order valence-corrected chi connectivity index (χ1v) is 6.48. The van der Waals surface area contributed by atoms with Gasteiger partial charge in [0.15, 0.2) is 5.78 Å². The summed E-state index contributed by atoms with van der Waals surface area (Å²) >= 11 is 11.7. The van der Waals surface area contributed by atoms with Gasteiger partial charge in [-0.15, -0.1) is 0 Å². The predicted octanol–water partition coefficient (Wildman–Crippen LogP) is 3.94. The highest BCUT2D eigenvalue weighted by atomic mass is 35.5. The van der Waals surface area contributed by atoms with E-state index in [0.29, 0.717) is 34.5 Å². The van der Waals surface area contributed by atoms with Gasteiger partial charge >= 0.3 is 0 Å². The van der Waals surface area contributed by atoms with Gasteiger partial charge in [-0.25, -0.2) is 0 Å². The standard InChI is InChI=1S/C13H17Cl2NO/c1-9(6-7-16)2-5-13(17)10-3-4-11(14)12(15)8-10/h3-4,8-9H,2,5-7,16H2,1H3. The van der Waals surface area contributed by atoms with E-state index >= 15 is 0 Å². The summed E-state index contributed by atoms with van der Waals surface area (Å²) in [5.74, 6) is 0.583. The van der Waals surface area contributed by atoms with Gasteiger partial charge in [0.25, 0.3) is 0 Å². The molecule has 0 aliphatic heterocycles. The quantitative estimate of drug-likeness (QED) is 0.798. The lowest BCUT2D eigenvalue weighted by Crippen LogP contribution is -2.08. The van der Waals surface area contributed by atoms with E-state index < -0.39 is 0 Å². The van der Waals surface area contributed by atoms with Crippen molar-refractivity contribution in [2.75, 3.05) is 6.54 Å². The molecule has 1 rings (SSSR count). The minimum Gasteiger partial charge on any atom is -0.330 e. The first kappa shape index (κ1) is 14.5. The first-order valence-electron chi connectivity index (χ1n) is 5.73. The van der Waals surface area contributed by atoms with Gasteiger partial charge < -0.3 is 5.73 Å².